The normalized spacial score (nSPS) is 16.1. The molecule has 0 aliphatic carbocycles. The number of aryl methyl sites for hydroxylation is 1. The molecule has 3 rings (SSSR count). The second kappa shape index (κ2) is 5.13. The van der Waals surface area contributed by atoms with E-state index in [0.29, 0.717) is 11.5 Å². The van der Waals surface area contributed by atoms with Gasteiger partial charge >= 0.3 is 5.97 Å². The van der Waals surface area contributed by atoms with Crippen molar-refractivity contribution in [2.24, 2.45) is 4.99 Å². The van der Waals surface area contributed by atoms with Crippen LogP contribution in [0.4, 0.5) is 5.69 Å². The number of esters is 1. The van der Waals surface area contributed by atoms with Gasteiger partial charge in [0.2, 0.25) is 0 Å². The van der Waals surface area contributed by atoms with Gasteiger partial charge in [-0.05, 0) is 19.1 Å². The van der Waals surface area contributed by atoms with Crippen LogP contribution in [0.15, 0.2) is 65.7 Å². The highest BCUT2D eigenvalue weighted by atomic mass is 16.5. The van der Waals surface area contributed by atoms with Crippen LogP contribution >= 0.6 is 0 Å². The van der Waals surface area contributed by atoms with E-state index in [0.717, 1.165) is 16.8 Å². The van der Waals surface area contributed by atoms with Crippen molar-refractivity contribution in [1.29, 1.82) is 0 Å². The Hall–Kier alpha value is -2.68. The third kappa shape index (κ3) is 2.52. The molecule has 0 spiro atoms. The summed E-state index contributed by atoms with van der Waals surface area (Å²) < 4.78 is 5.26. The summed E-state index contributed by atoms with van der Waals surface area (Å²) in [5.41, 5.74) is 3.10. The Bertz CT molecular complexity index is 698. The molecule has 98 valence electrons. The van der Waals surface area contributed by atoms with Gasteiger partial charge in [0.05, 0.1) is 5.69 Å². The van der Waals surface area contributed by atoms with E-state index in [1.165, 1.54) is 0 Å². The molecule has 0 unspecified atom stereocenters. The molecule has 0 fully saturated rings. The maximum Gasteiger partial charge on any atom is 0.362 e. The molecule has 0 saturated heterocycles. The van der Waals surface area contributed by atoms with Crippen molar-refractivity contribution in [2.75, 3.05) is 0 Å². The molecule has 3 nitrogen and oxygen atoms in total. The largest absolute Gasteiger partial charge is 0.421 e. The van der Waals surface area contributed by atoms with Crippen LogP contribution in [0.3, 0.4) is 0 Å². The Morgan fingerprint density at radius 1 is 0.950 bits per heavy atom. The molecule has 0 bridgehead atoms. The highest BCUT2D eigenvalue weighted by Gasteiger charge is 2.23. The van der Waals surface area contributed by atoms with Gasteiger partial charge in [0.15, 0.2) is 5.71 Å². The number of aliphatic imine (C=N–C) groups is 1. The molecule has 0 saturated carbocycles. The quantitative estimate of drug-likeness (QED) is 0.775. The van der Waals surface area contributed by atoms with Crippen LogP contribution in [-0.2, 0) is 9.53 Å². The number of rotatable bonds is 2. The summed E-state index contributed by atoms with van der Waals surface area (Å²) in [6, 6.07) is 17.2. The second-order valence-electron chi connectivity index (χ2n) is 4.60. The first kappa shape index (κ1) is 12.4. The molecular weight excluding hydrogens is 250 g/mol. The zero-order valence-electron chi connectivity index (χ0n) is 11.0. The maximum atomic E-state index is 11.8. The molecule has 20 heavy (non-hydrogen) atoms. The van der Waals surface area contributed by atoms with Crippen molar-refractivity contribution >= 4 is 23.1 Å². The highest BCUT2D eigenvalue weighted by Crippen LogP contribution is 2.23. The van der Waals surface area contributed by atoms with Crippen LogP contribution in [0.25, 0.3) is 5.76 Å². The van der Waals surface area contributed by atoms with Crippen LogP contribution in [0, 0.1) is 6.92 Å². The predicted octanol–water partition coefficient (Wildman–Crippen LogP) is 3.67. The van der Waals surface area contributed by atoms with Gasteiger partial charge in [0.25, 0.3) is 0 Å². The first-order chi connectivity index (χ1) is 9.72. The van der Waals surface area contributed by atoms with E-state index in [1.807, 2.05) is 61.5 Å². The van der Waals surface area contributed by atoms with Gasteiger partial charge in [0, 0.05) is 11.6 Å². The van der Waals surface area contributed by atoms with Gasteiger partial charge in [-0.2, -0.15) is 0 Å². The summed E-state index contributed by atoms with van der Waals surface area (Å²) in [5, 5.41) is 0. The van der Waals surface area contributed by atoms with E-state index in [4.69, 9.17) is 4.74 Å². The molecule has 0 amide bonds. The minimum absolute atomic E-state index is 0.326. The van der Waals surface area contributed by atoms with Crippen molar-refractivity contribution in [3.63, 3.8) is 0 Å². The van der Waals surface area contributed by atoms with Crippen molar-refractivity contribution in [2.45, 2.75) is 6.92 Å². The summed E-state index contributed by atoms with van der Waals surface area (Å²) in [6.45, 7) is 2.01. The number of para-hydroxylation sites is 1. The highest BCUT2D eigenvalue weighted by molar-refractivity contribution is 6.46. The Morgan fingerprint density at radius 2 is 1.65 bits per heavy atom. The summed E-state index contributed by atoms with van der Waals surface area (Å²) in [6.07, 6.45) is 1.68. The molecule has 2 aromatic carbocycles. The minimum Gasteiger partial charge on any atom is -0.421 e. The fourth-order valence-electron chi connectivity index (χ4n) is 1.94. The van der Waals surface area contributed by atoms with Crippen LogP contribution in [-0.4, -0.2) is 11.7 Å². The first-order valence-electron chi connectivity index (χ1n) is 6.37. The Labute approximate surface area is 117 Å². The van der Waals surface area contributed by atoms with Crippen molar-refractivity contribution in [1.82, 2.24) is 0 Å². The summed E-state index contributed by atoms with van der Waals surface area (Å²) >= 11 is 0. The standard InChI is InChI=1S/C17H13NO2/c1-12-7-9-13(10-8-12)16-11-15(17(19)20-16)18-14-5-3-2-4-6-14/h2-11H,1H3. The SMILES string of the molecule is Cc1ccc(C2=CC(=Nc3ccccc3)C(=O)O2)cc1. The molecule has 1 aliphatic rings. The number of ether oxygens (including phenoxy) is 1. The number of nitrogens with zero attached hydrogens (tertiary/aromatic N) is 1. The number of cyclic esters (lactones) is 1. The topological polar surface area (TPSA) is 38.7 Å². The summed E-state index contributed by atoms with van der Waals surface area (Å²) in [7, 11) is 0. The lowest BCUT2D eigenvalue weighted by Gasteiger charge is -2.01. The fourth-order valence-corrected chi connectivity index (χ4v) is 1.94. The predicted molar refractivity (Wildman–Crippen MR) is 78.8 cm³/mol. The molecule has 0 atom stereocenters. The molecule has 0 aromatic heterocycles. The molecule has 1 heterocycles. The first-order valence-corrected chi connectivity index (χ1v) is 6.37. The Kier molecular flexibility index (Phi) is 3.17. The number of carbonyl (C=O) groups is 1. The van der Waals surface area contributed by atoms with Gasteiger partial charge in [-0.25, -0.2) is 9.79 Å². The van der Waals surface area contributed by atoms with Crippen LogP contribution < -0.4 is 0 Å². The maximum absolute atomic E-state index is 11.8. The smallest absolute Gasteiger partial charge is 0.362 e. The lowest BCUT2D eigenvalue weighted by atomic mass is 10.1. The Morgan fingerprint density at radius 3 is 2.35 bits per heavy atom. The van der Waals surface area contributed by atoms with E-state index in [9.17, 15) is 4.79 Å². The third-order valence-electron chi connectivity index (χ3n) is 3.02. The van der Waals surface area contributed by atoms with Crippen molar-refractivity contribution < 1.29 is 9.53 Å². The number of carbonyl (C=O) groups excluding carboxylic acids is 1. The van der Waals surface area contributed by atoms with Crippen LogP contribution in [0.1, 0.15) is 11.1 Å². The van der Waals surface area contributed by atoms with E-state index in [2.05, 4.69) is 4.99 Å². The molecule has 1 aliphatic heterocycles. The molecular formula is C17H13NO2. The molecule has 2 aromatic rings. The molecule has 3 heteroatoms. The van der Waals surface area contributed by atoms with Crippen LogP contribution in [0.5, 0.6) is 0 Å². The van der Waals surface area contributed by atoms with Gasteiger partial charge in [-0.1, -0.05) is 48.0 Å². The fraction of sp³-hybridized carbons (Fsp3) is 0.0588. The average Bonchev–Trinajstić information content (AvgIpc) is 2.82. The Balaban J connectivity index is 1.93. The van der Waals surface area contributed by atoms with Gasteiger partial charge in [-0.3, -0.25) is 0 Å². The van der Waals surface area contributed by atoms with E-state index < -0.39 is 5.97 Å². The summed E-state index contributed by atoms with van der Waals surface area (Å²) in [5.74, 6) is 0.133. The lowest BCUT2D eigenvalue weighted by molar-refractivity contribution is -0.128. The summed E-state index contributed by atoms with van der Waals surface area (Å²) in [4.78, 5) is 16.1. The molecule has 0 radical (unpaired) electrons. The lowest BCUT2D eigenvalue weighted by Crippen LogP contribution is -2.06. The van der Waals surface area contributed by atoms with Crippen LogP contribution in [0.2, 0.25) is 0 Å². The van der Waals surface area contributed by atoms with E-state index in [-0.39, 0.29) is 0 Å². The number of hydrogen-bond donors (Lipinski definition) is 0. The zero-order chi connectivity index (χ0) is 13.9. The van der Waals surface area contributed by atoms with Gasteiger partial charge < -0.3 is 4.74 Å². The van der Waals surface area contributed by atoms with Crippen molar-refractivity contribution in [3.05, 3.63) is 71.8 Å². The minimum atomic E-state index is -0.413. The number of benzene rings is 2. The van der Waals surface area contributed by atoms with Gasteiger partial charge in [-0.15, -0.1) is 0 Å². The number of hydrogen-bond acceptors (Lipinski definition) is 3. The van der Waals surface area contributed by atoms with Gasteiger partial charge in [0.1, 0.15) is 5.76 Å². The van der Waals surface area contributed by atoms with E-state index >= 15 is 0 Å². The third-order valence-corrected chi connectivity index (χ3v) is 3.02. The zero-order valence-corrected chi connectivity index (χ0v) is 11.0. The van der Waals surface area contributed by atoms with E-state index in [1.54, 1.807) is 6.08 Å². The second-order valence-corrected chi connectivity index (χ2v) is 4.60. The van der Waals surface area contributed by atoms with Crippen molar-refractivity contribution in [3.8, 4) is 0 Å². The average molecular weight is 263 g/mol. The molecule has 0 N–H and O–H groups in total. The monoisotopic (exact) mass is 263 g/mol.